The van der Waals surface area contributed by atoms with E-state index in [0.29, 0.717) is 12.0 Å². The van der Waals surface area contributed by atoms with Gasteiger partial charge in [0, 0.05) is 6.04 Å². The van der Waals surface area contributed by atoms with E-state index in [1.807, 2.05) is 27.7 Å². The third kappa shape index (κ3) is 5.38. The van der Waals surface area contributed by atoms with Gasteiger partial charge < -0.3 is 10.1 Å². The van der Waals surface area contributed by atoms with Crippen LogP contribution in [0.1, 0.15) is 66.7 Å². The predicted molar refractivity (Wildman–Crippen MR) is 74.5 cm³/mol. The molecule has 0 aromatic rings. The second kappa shape index (κ2) is 6.55. The average Bonchev–Trinajstić information content (AvgIpc) is 2.27. The maximum Gasteiger partial charge on any atom is 0.323 e. The molecule has 1 N–H and O–H groups in total. The van der Waals surface area contributed by atoms with E-state index >= 15 is 0 Å². The molecule has 1 saturated carbocycles. The molecule has 0 saturated heterocycles. The standard InChI is InChI=1S/C15H29NO2/c1-11(13-9-7-6-8-10-13)16-12(2)14(17)18-15(3,4)5/h11-13,16H,6-10H2,1-5H3/t11-,12?/m0/s1. The molecule has 1 aliphatic rings. The van der Waals surface area contributed by atoms with Crippen LogP contribution >= 0.6 is 0 Å². The van der Waals surface area contributed by atoms with Crippen LogP contribution in [-0.2, 0) is 9.53 Å². The predicted octanol–water partition coefficient (Wildman–Crippen LogP) is 3.28. The van der Waals surface area contributed by atoms with Gasteiger partial charge in [0.05, 0.1) is 0 Å². The molecule has 0 aromatic carbocycles. The Morgan fingerprint density at radius 1 is 1.17 bits per heavy atom. The van der Waals surface area contributed by atoms with Crippen molar-refractivity contribution in [2.75, 3.05) is 0 Å². The first-order valence-electron chi connectivity index (χ1n) is 7.28. The molecule has 0 aliphatic heterocycles. The molecule has 3 heteroatoms. The molecular formula is C15H29NO2. The molecule has 18 heavy (non-hydrogen) atoms. The van der Waals surface area contributed by atoms with Gasteiger partial charge in [-0.15, -0.1) is 0 Å². The molecule has 0 bridgehead atoms. The molecule has 0 aromatic heterocycles. The number of hydrogen-bond donors (Lipinski definition) is 1. The molecule has 1 rings (SSSR count). The van der Waals surface area contributed by atoms with Gasteiger partial charge in [0.1, 0.15) is 11.6 Å². The van der Waals surface area contributed by atoms with Gasteiger partial charge in [-0.3, -0.25) is 4.79 Å². The van der Waals surface area contributed by atoms with Crippen molar-refractivity contribution < 1.29 is 9.53 Å². The summed E-state index contributed by atoms with van der Waals surface area (Å²) in [6, 6.07) is 0.175. The minimum atomic E-state index is -0.402. The fourth-order valence-electron chi connectivity index (χ4n) is 2.62. The summed E-state index contributed by atoms with van der Waals surface area (Å²) in [5, 5.41) is 3.40. The fourth-order valence-corrected chi connectivity index (χ4v) is 2.62. The number of nitrogens with one attached hydrogen (secondary N) is 1. The molecule has 0 spiro atoms. The van der Waals surface area contributed by atoms with Crippen LogP contribution in [0.15, 0.2) is 0 Å². The minimum absolute atomic E-state index is 0.148. The van der Waals surface area contributed by atoms with Crippen LogP contribution in [0.4, 0.5) is 0 Å². The quantitative estimate of drug-likeness (QED) is 0.784. The van der Waals surface area contributed by atoms with Crippen LogP contribution in [0.3, 0.4) is 0 Å². The maximum atomic E-state index is 11.9. The lowest BCUT2D eigenvalue weighted by Gasteiger charge is -2.31. The van der Waals surface area contributed by atoms with Crippen LogP contribution in [0.5, 0.6) is 0 Å². The topological polar surface area (TPSA) is 38.3 Å². The first-order chi connectivity index (χ1) is 8.29. The highest BCUT2D eigenvalue weighted by molar-refractivity contribution is 5.75. The largest absolute Gasteiger partial charge is 0.459 e. The van der Waals surface area contributed by atoms with E-state index in [9.17, 15) is 4.79 Å². The van der Waals surface area contributed by atoms with Crippen LogP contribution in [-0.4, -0.2) is 23.7 Å². The summed E-state index contributed by atoms with van der Waals surface area (Å²) < 4.78 is 5.39. The Hall–Kier alpha value is -0.570. The lowest BCUT2D eigenvalue weighted by atomic mass is 9.84. The van der Waals surface area contributed by atoms with Crippen molar-refractivity contribution in [1.29, 1.82) is 0 Å². The molecule has 1 unspecified atom stereocenters. The smallest absolute Gasteiger partial charge is 0.323 e. The molecule has 2 atom stereocenters. The molecule has 3 nitrogen and oxygen atoms in total. The highest BCUT2D eigenvalue weighted by Gasteiger charge is 2.26. The van der Waals surface area contributed by atoms with E-state index < -0.39 is 5.60 Å². The molecule has 1 aliphatic carbocycles. The molecule has 1 fully saturated rings. The van der Waals surface area contributed by atoms with Gasteiger partial charge in [0.25, 0.3) is 0 Å². The highest BCUT2D eigenvalue weighted by atomic mass is 16.6. The SMILES string of the molecule is CC(N[C@@H](C)C1CCCCC1)C(=O)OC(C)(C)C. The number of carbonyl (C=O) groups is 1. The van der Waals surface area contributed by atoms with E-state index in [1.54, 1.807) is 0 Å². The number of carbonyl (C=O) groups excluding carboxylic acids is 1. The molecule has 0 radical (unpaired) electrons. The minimum Gasteiger partial charge on any atom is -0.459 e. The van der Waals surface area contributed by atoms with E-state index in [-0.39, 0.29) is 12.0 Å². The van der Waals surface area contributed by atoms with Crippen molar-refractivity contribution in [1.82, 2.24) is 5.32 Å². The zero-order valence-electron chi connectivity index (χ0n) is 12.6. The Balaban J connectivity index is 2.38. The lowest BCUT2D eigenvalue weighted by Crippen LogP contribution is -2.46. The van der Waals surface area contributed by atoms with Gasteiger partial charge in [0.15, 0.2) is 0 Å². The van der Waals surface area contributed by atoms with Gasteiger partial charge in [0.2, 0.25) is 0 Å². The number of hydrogen-bond acceptors (Lipinski definition) is 3. The van der Waals surface area contributed by atoms with Crippen molar-refractivity contribution in [3.8, 4) is 0 Å². The van der Waals surface area contributed by atoms with Gasteiger partial charge in [-0.1, -0.05) is 19.3 Å². The summed E-state index contributed by atoms with van der Waals surface area (Å²) in [6.45, 7) is 9.80. The summed E-state index contributed by atoms with van der Waals surface area (Å²) in [5.74, 6) is 0.564. The van der Waals surface area contributed by atoms with Crippen molar-refractivity contribution in [2.24, 2.45) is 5.92 Å². The van der Waals surface area contributed by atoms with Crippen LogP contribution in [0.25, 0.3) is 0 Å². The second-order valence-electron chi connectivity index (χ2n) is 6.61. The number of esters is 1. The first kappa shape index (κ1) is 15.5. The lowest BCUT2D eigenvalue weighted by molar-refractivity contribution is -0.157. The van der Waals surface area contributed by atoms with Gasteiger partial charge in [-0.25, -0.2) is 0 Å². The van der Waals surface area contributed by atoms with Gasteiger partial charge in [-0.05, 0) is 53.4 Å². The Kier molecular flexibility index (Phi) is 5.64. The van der Waals surface area contributed by atoms with E-state index in [0.717, 1.165) is 0 Å². The summed E-state index contributed by atoms with van der Waals surface area (Å²) in [7, 11) is 0. The highest BCUT2D eigenvalue weighted by Crippen LogP contribution is 2.26. The summed E-state index contributed by atoms with van der Waals surface area (Å²) in [4.78, 5) is 11.9. The average molecular weight is 255 g/mol. The van der Waals surface area contributed by atoms with Crippen molar-refractivity contribution in [3.63, 3.8) is 0 Å². The zero-order chi connectivity index (χ0) is 13.8. The molecule has 106 valence electrons. The third-order valence-electron chi connectivity index (χ3n) is 3.63. The number of ether oxygens (including phenoxy) is 1. The number of rotatable bonds is 4. The van der Waals surface area contributed by atoms with E-state index in [2.05, 4.69) is 12.2 Å². The van der Waals surface area contributed by atoms with Crippen molar-refractivity contribution in [2.45, 2.75) is 84.4 Å². The Morgan fingerprint density at radius 2 is 1.72 bits per heavy atom. The van der Waals surface area contributed by atoms with Crippen LogP contribution < -0.4 is 5.32 Å². The normalized spacial score (nSPS) is 21.4. The first-order valence-corrected chi connectivity index (χ1v) is 7.28. The summed E-state index contributed by atoms with van der Waals surface area (Å²) in [5.41, 5.74) is -0.402. The van der Waals surface area contributed by atoms with Crippen molar-refractivity contribution in [3.05, 3.63) is 0 Å². The van der Waals surface area contributed by atoms with Crippen LogP contribution in [0, 0.1) is 5.92 Å². The van der Waals surface area contributed by atoms with E-state index in [1.165, 1.54) is 32.1 Å². The molecule has 0 heterocycles. The Morgan fingerprint density at radius 3 is 2.22 bits per heavy atom. The van der Waals surface area contributed by atoms with Gasteiger partial charge in [-0.2, -0.15) is 0 Å². The third-order valence-corrected chi connectivity index (χ3v) is 3.63. The summed E-state index contributed by atoms with van der Waals surface area (Å²) in [6.07, 6.45) is 6.60. The van der Waals surface area contributed by atoms with Crippen molar-refractivity contribution >= 4 is 5.97 Å². The summed E-state index contributed by atoms with van der Waals surface area (Å²) >= 11 is 0. The maximum absolute atomic E-state index is 11.9. The fraction of sp³-hybridized carbons (Fsp3) is 0.933. The van der Waals surface area contributed by atoms with Gasteiger partial charge >= 0.3 is 5.97 Å². The second-order valence-corrected chi connectivity index (χ2v) is 6.61. The molecular weight excluding hydrogens is 226 g/mol. The zero-order valence-corrected chi connectivity index (χ0v) is 12.6. The monoisotopic (exact) mass is 255 g/mol. The Bertz CT molecular complexity index is 264. The van der Waals surface area contributed by atoms with Crippen LogP contribution in [0.2, 0.25) is 0 Å². The van der Waals surface area contributed by atoms with E-state index in [4.69, 9.17) is 4.74 Å². The Labute approximate surface area is 112 Å². The molecule has 0 amide bonds.